The lowest BCUT2D eigenvalue weighted by molar-refractivity contribution is 0.602. The van der Waals surface area contributed by atoms with Crippen molar-refractivity contribution in [3.05, 3.63) is 65.5 Å². The van der Waals surface area contributed by atoms with Crippen molar-refractivity contribution in [2.45, 2.75) is 30.1 Å². The van der Waals surface area contributed by atoms with Crippen LogP contribution in [0.2, 0.25) is 25.2 Å². The maximum absolute atomic E-state index is 13.2. The number of hydrogen-bond acceptors (Lipinski definition) is 2. The number of rotatable bonds is 3. The van der Waals surface area contributed by atoms with E-state index in [1.807, 2.05) is 24.3 Å². The molecule has 0 fully saturated rings. The van der Waals surface area contributed by atoms with Gasteiger partial charge in [-0.25, -0.2) is 12.8 Å². The standard InChI is InChI=1S/C19H21FO2SSi/c1-23(21,22)17-10-6-15(7-11-17)19-13-24(2,3)12-18(19)14-4-8-16(20)9-5-14/h4-11H,12-13H2,1-3H3. The van der Waals surface area contributed by atoms with Crippen LogP contribution in [0.5, 0.6) is 0 Å². The van der Waals surface area contributed by atoms with E-state index in [0.29, 0.717) is 4.90 Å². The van der Waals surface area contributed by atoms with E-state index in [-0.39, 0.29) is 5.82 Å². The van der Waals surface area contributed by atoms with Crippen LogP contribution in [0.15, 0.2) is 53.4 Å². The fraction of sp³-hybridized carbons (Fsp3) is 0.263. The zero-order valence-corrected chi connectivity index (χ0v) is 16.0. The predicted molar refractivity (Wildman–Crippen MR) is 99.9 cm³/mol. The average Bonchev–Trinajstić information content (AvgIpc) is 2.83. The lowest BCUT2D eigenvalue weighted by Gasteiger charge is -2.14. The molecule has 1 aliphatic rings. The first-order valence-electron chi connectivity index (χ1n) is 7.94. The van der Waals surface area contributed by atoms with Gasteiger partial charge in [-0.1, -0.05) is 37.4 Å². The van der Waals surface area contributed by atoms with Gasteiger partial charge in [0.15, 0.2) is 9.84 Å². The van der Waals surface area contributed by atoms with Crippen molar-refractivity contribution in [2.24, 2.45) is 0 Å². The summed E-state index contributed by atoms with van der Waals surface area (Å²) in [4.78, 5) is 0.338. The highest BCUT2D eigenvalue weighted by Crippen LogP contribution is 2.45. The minimum Gasteiger partial charge on any atom is -0.224 e. The van der Waals surface area contributed by atoms with Crippen LogP contribution in [0, 0.1) is 5.82 Å². The summed E-state index contributed by atoms with van der Waals surface area (Å²) in [6.45, 7) is 4.71. The van der Waals surface area contributed by atoms with Crippen LogP contribution in [-0.4, -0.2) is 22.7 Å². The smallest absolute Gasteiger partial charge is 0.175 e. The van der Waals surface area contributed by atoms with Crippen LogP contribution in [-0.2, 0) is 9.84 Å². The van der Waals surface area contributed by atoms with Crippen molar-refractivity contribution >= 4 is 29.1 Å². The zero-order valence-electron chi connectivity index (χ0n) is 14.1. The Morgan fingerprint density at radius 3 is 1.67 bits per heavy atom. The molecule has 2 aromatic rings. The summed E-state index contributed by atoms with van der Waals surface area (Å²) in [7, 11) is -4.57. The number of allylic oxidation sites excluding steroid dienone is 2. The Bertz CT molecular complexity index is 895. The van der Waals surface area contributed by atoms with Gasteiger partial charge in [0.1, 0.15) is 5.82 Å². The van der Waals surface area contributed by atoms with Crippen molar-refractivity contribution in [1.29, 1.82) is 0 Å². The molecule has 2 nitrogen and oxygen atoms in total. The van der Waals surface area contributed by atoms with E-state index >= 15 is 0 Å². The number of benzene rings is 2. The lowest BCUT2D eigenvalue weighted by Crippen LogP contribution is -2.20. The van der Waals surface area contributed by atoms with Gasteiger partial charge in [0.2, 0.25) is 0 Å². The van der Waals surface area contributed by atoms with Gasteiger partial charge in [-0.15, -0.1) is 0 Å². The molecule has 1 aliphatic heterocycles. The summed E-state index contributed by atoms with van der Waals surface area (Å²) < 4.78 is 36.5. The van der Waals surface area contributed by atoms with Gasteiger partial charge in [-0.3, -0.25) is 0 Å². The molecule has 0 saturated heterocycles. The predicted octanol–water partition coefficient (Wildman–Crippen LogP) is 4.86. The summed E-state index contributed by atoms with van der Waals surface area (Å²) in [6.07, 6.45) is 1.22. The molecule has 0 unspecified atom stereocenters. The molecule has 0 N–H and O–H groups in total. The van der Waals surface area contributed by atoms with Gasteiger partial charge in [0.05, 0.1) is 13.0 Å². The first kappa shape index (κ1) is 17.1. The third-order valence-electron chi connectivity index (χ3n) is 4.50. The Morgan fingerprint density at radius 1 is 0.833 bits per heavy atom. The summed E-state index contributed by atoms with van der Waals surface area (Å²) in [5.41, 5.74) is 4.69. The molecular formula is C19H21FO2SSi. The minimum absolute atomic E-state index is 0.229. The molecule has 0 saturated carbocycles. The molecule has 0 bridgehead atoms. The van der Waals surface area contributed by atoms with Crippen molar-refractivity contribution < 1.29 is 12.8 Å². The molecule has 0 spiro atoms. The van der Waals surface area contributed by atoms with Crippen molar-refractivity contribution in [3.63, 3.8) is 0 Å². The quantitative estimate of drug-likeness (QED) is 0.732. The summed E-state index contributed by atoms with van der Waals surface area (Å²) in [6, 6.07) is 15.9. The average molecular weight is 361 g/mol. The summed E-state index contributed by atoms with van der Waals surface area (Å²) in [5, 5.41) is 0. The van der Waals surface area contributed by atoms with Crippen LogP contribution in [0.4, 0.5) is 4.39 Å². The monoisotopic (exact) mass is 360 g/mol. The Balaban J connectivity index is 2.07. The molecule has 24 heavy (non-hydrogen) atoms. The first-order chi connectivity index (χ1) is 11.2. The Labute approximate surface area is 144 Å². The molecule has 126 valence electrons. The molecule has 0 radical (unpaired) electrons. The van der Waals surface area contributed by atoms with E-state index < -0.39 is 17.9 Å². The highest BCUT2D eigenvalue weighted by molar-refractivity contribution is 7.90. The highest BCUT2D eigenvalue weighted by Gasteiger charge is 2.33. The van der Waals surface area contributed by atoms with E-state index in [0.717, 1.165) is 23.2 Å². The Kier molecular flexibility index (Phi) is 4.26. The van der Waals surface area contributed by atoms with Crippen molar-refractivity contribution in [2.75, 3.05) is 6.26 Å². The second-order valence-corrected chi connectivity index (χ2v) is 14.3. The van der Waals surface area contributed by atoms with Gasteiger partial charge in [0, 0.05) is 6.26 Å². The van der Waals surface area contributed by atoms with Gasteiger partial charge in [-0.05, 0) is 58.6 Å². The van der Waals surface area contributed by atoms with Crippen LogP contribution >= 0.6 is 0 Å². The Morgan fingerprint density at radius 2 is 1.25 bits per heavy atom. The summed E-state index contributed by atoms with van der Waals surface area (Å²) in [5.74, 6) is -0.229. The maximum Gasteiger partial charge on any atom is 0.175 e. The van der Waals surface area contributed by atoms with E-state index in [2.05, 4.69) is 13.1 Å². The number of sulfone groups is 1. The fourth-order valence-electron chi connectivity index (χ4n) is 3.34. The molecule has 0 aromatic heterocycles. The SMILES string of the molecule is C[Si]1(C)CC(c2ccc(F)cc2)=C(c2ccc(S(C)(=O)=O)cc2)C1. The van der Waals surface area contributed by atoms with Gasteiger partial charge < -0.3 is 0 Å². The topological polar surface area (TPSA) is 34.1 Å². The second-order valence-electron chi connectivity index (χ2n) is 7.28. The minimum atomic E-state index is -3.19. The zero-order chi connectivity index (χ0) is 17.5. The van der Waals surface area contributed by atoms with Crippen molar-refractivity contribution in [3.8, 4) is 0 Å². The second kappa shape index (κ2) is 5.97. The Hall–Kier alpha value is -1.72. The van der Waals surface area contributed by atoms with E-state index in [1.165, 1.54) is 29.5 Å². The first-order valence-corrected chi connectivity index (χ1v) is 13.2. The largest absolute Gasteiger partial charge is 0.224 e. The normalized spacial score (nSPS) is 17.3. The van der Waals surface area contributed by atoms with Crippen LogP contribution in [0.3, 0.4) is 0 Å². The molecule has 5 heteroatoms. The van der Waals surface area contributed by atoms with Crippen LogP contribution in [0.1, 0.15) is 11.1 Å². The number of hydrogen-bond donors (Lipinski definition) is 0. The molecule has 0 atom stereocenters. The molecule has 3 rings (SSSR count). The van der Waals surface area contributed by atoms with Crippen molar-refractivity contribution in [1.82, 2.24) is 0 Å². The van der Waals surface area contributed by atoms with E-state index in [9.17, 15) is 12.8 Å². The van der Waals surface area contributed by atoms with E-state index in [4.69, 9.17) is 0 Å². The van der Waals surface area contributed by atoms with E-state index in [1.54, 1.807) is 12.1 Å². The maximum atomic E-state index is 13.2. The molecule has 0 aliphatic carbocycles. The van der Waals surface area contributed by atoms with Gasteiger partial charge in [0.25, 0.3) is 0 Å². The lowest BCUT2D eigenvalue weighted by atomic mass is 9.97. The molecule has 2 aromatic carbocycles. The van der Waals surface area contributed by atoms with Crippen LogP contribution in [0.25, 0.3) is 11.1 Å². The third-order valence-corrected chi connectivity index (χ3v) is 8.25. The summed E-state index contributed by atoms with van der Waals surface area (Å²) >= 11 is 0. The highest BCUT2D eigenvalue weighted by atomic mass is 32.2. The van der Waals surface area contributed by atoms with Gasteiger partial charge >= 0.3 is 0 Å². The third kappa shape index (κ3) is 3.52. The van der Waals surface area contributed by atoms with Crippen LogP contribution < -0.4 is 0 Å². The number of halogens is 1. The molecule has 1 heterocycles. The fourth-order valence-corrected chi connectivity index (χ4v) is 6.84. The molecular weight excluding hydrogens is 339 g/mol. The van der Waals surface area contributed by atoms with Gasteiger partial charge in [-0.2, -0.15) is 0 Å². The molecule has 0 amide bonds.